The molecule has 1 aliphatic heterocycles. The number of nitrogens with two attached hydrogens (primary N) is 1. The molecule has 29 heavy (non-hydrogen) atoms. The van der Waals surface area contributed by atoms with Crippen molar-refractivity contribution in [3.8, 4) is 23.2 Å². The van der Waals surface area contributed by atoms with E-state index in [-0.39, 0.29) is 23.9 Å². The molecule has 0 bridgehead atoms. The van der Waals surface area contributed by atoms with Crippen LogP contribution >= 0.6 is 0 Å². The Morgan fingerprint density at radius 3 is 2.76 bits per heavy atom. The minimum absolute atomic E-state index is 0.0664. The van der Waals surface area contributed by atoms with E-state index in [4.69, 9.17) is 13.6 Å². The molecule has 0 aliphatic carbocycles. The van der Waals surface area contributed by atoms with Crippen LogP contribution < -0.4 is 11.5 Å². The van der Waals surface area contributed by atoms with E-state index >= 15 is 0 Å². The van der Waals surface area contributed by atoms with E-state index in [2.05, 4.69) is 31.8 Å². The van der Waals surface area contributed by atoms with Gasteiger partial charge in [-0.1, -0.05) is 24.0 Å². The van der Waals surface area contributed by atoms with Crippen molar-refractivity contribution in [1.82, 2.24) is 24.8 Å². The van der Waals surface area contributed by atoms with Gasteiger partial charge in [0, 0.05) is 31.1 Å². The summed E-state index contributed by atoms with van der Waals surface area (Å²) in [6.07, 6.45) is 0.282. The summed E-state index contributed by atoms with van der Waals surface area (Å²) in [5.74, 6) is 5.83. The van der Waals surface area contributed by atoms with Crippen LogP contribution in [0.5, 0.6) is 0 Å². The van der Waals surface area contributed by atoms with Crippen LogP contribution in [0.15, 0.2) is 24.3 Å². The lowest BCUT2D eigenvalue weighted by Crippen LogP contribution is -2.37. The van der Waals surface area contributed by atoms with Crippen LogP contribution in [0.3, 0.4) is 0 Å². The molecule has 1 fully saturated rings. The number of aryl methyl sites for hydroxylation is 1. The Morgan fingerprint density at radius 2 is 2.03 bits per heavy atom. The summed E-state index contributed by atoms with van der Waals surface area (Å²) in [6, 6.07) is 7.21. The monoisotopic (exact) mass is 384 g/mol. The molecule has 8 nitrogen and oxygen atoms in total. The number of rotatable bonds is 1. The van der Waals surface area contributed by atoms with Gasteiger partial charge in [0.25, 0.3) is 5.91 Å². The van der Waals surface area contributed by atoms with Gasteiger partial charge >= 0.3 is 0 Å². The third kappa shape index (κ3) is 3.39. The number of nitrogens with zero attached hydrogens (tertiary/aromatic N) is 5. The molecule has 0 saturated carbocycles. The fourth-order valence-corrected chi connectivity index (χ4v) is 3.21. The third-order valence-electron chi connectivity index (χ3n) is 4.81. The van der Waals surface area contributed by atoms with Gasteiger partial charge in [-0.3, -0.25) is 4.79 Å². The highest BCUT2D eigenvalue weighted by Gasteiger charge is 2.42. The van der Waals surface area contributed by atoms with E-state index in [0.717, 1.165) is 0 Å². The van der Waals surface area contributed by atoms with Crippen LogP contribution in [0.25, 0.3) is 22.4 Å². The summed E-state index contributed by atoms with van der Waals surface area (Å²) in [6.45, 7) is 2.27. The Kier molecular flexibility index (Phi) is 4.44. The average Bonchev–Trinajstić information content (AvgIpc) is 2.95. The van der Waals surface area contributed by atoms with Crippen molar-refractivity contribution < 1.29 is 9.90 Å². The number of carbonyl (C=O) groups excluding carboxylic acids is 1. The first-order valence-electron chi connectivity index (χ1n) is 8.96. The van der Waals surface area contributed by atoms with Crippen LogP contribution in [0.2, 0.25) is 0 Å². The van der Waals surface area contributed by atoms with Gasteiger partial charge in [0.05, 0.1) is 11.4 Å². The molecule has 0 spiro atoms. The van der Waals surface area contributed by atoms with Gasteiger partial charge in [-0.2, -0.15) is 0 Å². The quantitative estimate of drug-likeness (QED) is 0.438. The maximum absolute atomic E-state index is 12.1. The van der Waals surface area contributed by atoms with E-state index in [9.17, 15) is 9.90 Å². The number of likely N-dealkylation sites (N-methyl/N-ethyl adjacent to an activating group) is 1. The summed E-state index contributed by atoms with van der Waals surface area (Å²) in [5.41, 5.74) is 7.25. The first-order chi connectivity index (χ1) is 13.8. The van der Waals surface area contributed by atoms with Crippen molar-refractivity contribution in [1.29, 1.82) is 0 Å². The molecule has 9 heteroatoms. The molecule has 0 unspecified atom stereocenters. The third-order valence-corrected chi connectivity index (χ3v) is 4.81. The minimum Gasteiger partial charge on any atom is -0.382 e. The Morgan fingerprint density at radius 1 is 1.24 bits per heavy atom. The minimum atomic E-state index is -1.65. The van der Waals surface area contributed by atoms with Gasteiger partial charge in [-0.15, -0.1) is 0 Å². The number of aromatic nitrogens is 4. The van der Waals surface area contributed by atoms with Crippen molar-refractivity contribution in [2.45, 2.75) is 18.9 Å². The van der Waals surface area contributed by atoms with Gasteiger partial charge in [-0.05, 0) is 19.1 Å². The Labute approximate surface area is 168 Å². The molecule has 1 saturated heterocycles. The highest BCUT2D eigenvalue weighted by atomic mass is 16.3. The molecule has 142 valence electrons. The topological polar surface area (TPSA) is 118 Å². The van der Waals surface area contributed by atoms with Crippen molar-refractivity contribution in [2.75, 3.05) is 19.3 Å². The second kappa shape index (κ2) is 6.83. The van der Waals surface area contributed by atoms with E-state index < -0.39 is 5.60 Å². The van der Waals surface area contributed by atoms with Gasteiger partial charge in [0.2, 0.25) is 5.60 Å². The van der Waals surface area contributed by atoms with E-state index in [1.54, 1.807) is 32.2 Å². The average molecular weight is 384 g/mol. The summed E-state index contributed by atoms with van der Waals surface area (Å²) >= 11 is 0. The zero-order valence-electron chi connectivity index (χ0n) is 16.0. The van der Waals surface area contributed by atoms with Crippen molar-refractivity contribution >= 4 is 36.3 Å². The van der Waals surface area contributed by atoms with E-state index in [1.807, 2.05) is 6.07 Å². The van der Waals surface area contributed by atoms with Gasteiger partial charge in [0.1, 0.15) is 11.0 Å². The number of fused-ring (bicyclic) bond motifs is 1. The largest absolute Gasteiger partial charge is 0.382 e. The Bertz CT molecular complexity index is 1220. The molecule has 1 amide bonds. The number of carbonyl (C=O) groups is 1. The second-order valence-electron chi connectivity index (χ2n) is 6.96. The molecular weight excluding hydrogens is 367 g/mol. The van der Waals surface area contributed by atoms with Crippen LogP contribution in [-0.4, -0.2) is 62.9 Å². The van der Waals surface area contributed by atoms with Crippen molar-refractivity contribution in [3.63, 3.8) is 0 Å². The summed E-state index contributed by atoms with van der Waals surface area (Å²) in [5, 5.41) is 10.5. The summed E-state index contributed by atoms with van der Waals surface area (Å²) in [4.78, 5) is 30.6. The highest BCUT2D eigenvalue weighted by molar-refractivity contribution is 6.29. The molecule has 1 aromatic carbocycles. The normalized spacial score (nSPS) is 18.7. The van der Waals surface area contributed by atoms with E-state index in [0.29, 0.717) is 40.2 Å². The summed E-state index contributed by atoms with van der Waals surface area (Å²) in [7, 11) is 7.30. The predicted octanol–water partition coefficient (Wildman–Crippen LogP) is -0.284. The molecule has 3 N–H and O–H groups in total. The molecule has 1 aliphatic rings. The van der Waals surface area contributed by atoms with Gasteiger partial charge in [-0.25, -0.2) is 19.9 Å². The molecule has 4 rings (SSSR count). The second-order valence-corrected chi connectivity index (χ2v) is 6.96. The maximum Gasteiger partial charge on any atom is 0.267 e. The SMILES string of the molecule is [B]c1nc(N)c2nc(-c3cccc(C#C[C@]4(O)CCN(C)C4=O)c3)nc(C)c2n1. The molecule has 2 aromatic heterocycles. The number of benzene rings is 1. The molecule has 2 radical (unpaired) electrons. The Balaban J connectivity index is 1.74. The van der Waals surface area contributed by atoms with Gasteiger partial charge < -0.3 is 15.7 Å². The van der Waals surface area contributed by atoms with E-state index in [1.165, 1.54) is 4.90 Å². The zero-order valence-corrected chi connectivity index (χ0v) is 16.0. The number of amides is 1. The Hall–Kier alpha value is -3.51. The fraction of sp³-hybridized carbons (Fsp3) is 0.250. The lowest BCUT2D eigenvalue weighted by molar-refractivity contribution is -0.137. The first kappa shape index (κ1) is 18.8. The van der Waals surface area contributed by atoms with Crippen LogP contribution in [-0.2, 0) is 4.79 Å². The van der Waals surface area contributed by atoms with Crippen LogP contribution in [0, 0.1) is 18.8 Å². The fourth-order valence-electron chi connectivity index (χ4n) is 3.21. The predicted molar refractivity (Wildman–Crippen MR) is 109 cm³/mol. The van der Waals surface area contributed by atoms with Crippen LogP contribution in [0.4, 0.5) is 5.82 Å². The number of anilines is 1. The smallest absolute Gasteiger partial charge is 0.267 e. The number of hydrogen-bond acceptors (Lipinski definition) is 7. The van der Waals surface area contributed by atoms with Crippen molar-refractivity contribution in [3.05, 3.63) is 35.5 Å². The summed E-state index contributed by atoms with van der Waals surface area (Å²) < 4.78 is 0. The highest BCUT2D eigenvalue weighted by Crippen LogP contribution is 2.23. The van der Waals surface area contributed by atoms with Gasteiger partial charge in [0.15, 0.2) is 19.5 Å². The standard InChI is InChI=1S/C20H17BN6O2/c1-11-14-15(16(22)26-19(21)25-14)24-17(23-11)13-5-3-4-12(10-13)6-7-20(29)8-9-27(2)18(20)28/h3-5,10,29H,8-9H2,1-2H3,(H2,22,25,26)/t20-/m0/s1. The molecular formula is C20H17BN6O2. The number of hydrogen-bond donors (Lipinski definition) is 2. The number of aliphatic hydroxyl groups is 1. The lowest BCUT2D eigenvalue weighted by atomic mass is 10.0. The lowest BCUT2D eigenvalue weighted by Gasteiger charge is -2.13. The number of nitrogen functional groups attached to an aromatic ring is 1. The van der Waals surface area contributed by atoms with Crippen LogP contribution in [0.1, 0.15) is 17.7 Å². The molecule has 3 aromatic rings. The number of likely N-dealkylation sites (tertiary alicyclic amines) is 1. The maximum atomic E-state index is 12.1. The zero-order chi connectivity index (χ0) is 20.8. The van der Waals surface area contributed by atoms with Crippen molar-refractivity contribution in [2.24, 2.45) is 0 Å². The first-order valence-corrected chi connectivity index (χ1v) is 8.96. The molecule has 1 atom stereocenters. The molecule has 3 heterocycles.